The number of aliphatic carboxylic acids is 1. The predicted octanol–water partition coefficient (Wildman–Crippen LogP) is 4.13. The first-order chi connectivity index (χ1) is 10.4. The standard InChI is InChI=1S/C17H14F2O3/c1-10(7-17(20)21)11-4-6-16(22-2)13(8-11)12-3-5-14(18)15(19)9-12/h3-9H,1-2H3,(H,20,21)/b10-7+. The molecule has 0 aliphatic carbocycles. The summed E-state index contributed by atoms with van der Waals surface area (Å²) in [6.07, 6.45) is 1.08. The van der Waals surface area contributed by atoms with Crippen molar-refractivity contribution in [1.82, 2.24) is 0 Å². The molecule has 0 aliphatic rings. The van der Waals surface area contributed by atoms with Gasteiger partial charge in [-0.25, -0.2) is 13.6 Å². The lowest BCUT2D eigenvalue weighted by molar-refractivity contribution is -0.131. The van der Waals surface area contributed by atoms with Crippen LogP contribution in [0.1, 0.15) is 12.5 Å². The fourth-order valence-corrected chi connectivity index (χ4v) is 2.11. The molecule has 0 heterocycles. The van der Waals surface area contributed by atoms with Gasteiger partial charge in [0, 0.05) is 11.6 Å². The van der Waals surface area contributed by atoms with Crippen LogP contribution in [-0.4, -0.2) is 18.2 Å². The number of rotatable bonds is 4. The summed E-state index contributed by atoms with van der Waals surface area (Å²) in [5.41, 5.74) is 2.19. The van der Waals surface area contributed by atoms with Crippen LogP contribution in [0.25, 0.3) is 16.7 Å². The first-order valence-electron chi connectivity index (χ1n) is 6.47. The van der Waals surface area contributed by atoms with Crippen LogP contribution in [0.15, 0.2) is 42.5 Å². The minimum atomic E-state index is -1.05. The fourth-order valence-electron chi connectivity index (χ4n) is 2.11. The molecule has 0 aliphatic heterocycles. The Balaban J connectivity index is 2.57. The van der Waals surface area contributed by atoms with Gasteiger partial charge >= 0.3 is 5.97 Å². The van der Waals surface area contributed by atoms with Crippen molar-refractivity contribution in [3.05, 3.63) is 59.7 Å². The number of methoxy groups -OCH3 is 1. The Hall–Kier alpha value is -2.69. The van der Waals surface area contributed by atoms with Gasteiger partial charge in [-0.3, -0.25) is 0 Å². The number of benzene rings is 2. The number of hydrogen-bond donors (Lipinski definition) is 1. The minimum absolute atomic E-state index is 0.445. The molecule has 3 nitrogen and oxygen atoms in total. The van der Waals surface area contributed by atoms with Crippen LogP contribution in [0.2, 0.25) is 0 Å². The maximum Gasteiger partial charge on any atom is 0.328 e. The monoisotopic (exact) mass is 304 g/mol. The molecule has 0 spiro atoms. The second-order valence-electron chi connectivity index (χ2n) is 4.71. The smallest absolute Gasteiger partial charge is 0.328 e. The summed E-state index contributed by atoms with van der Waals surface area (Å²) in [7, 11) is 1.47. The van der Waals surface area contributed by atoms with Crippen molar-refractivity contribution in [2.45, 2.75) is 6.92 Å². The summed E-state index contributed by atoms with van der Waals surface area (Å²) in [6.45, 7) is 1.66. The molecular weight excluding hydrogens is 290 g/mol. The molecule has 22 heavy (non-hydrogen) atoms. The highest BCUT2D eigenvalue weighted by molar-refractivity contribution is 5.90. The lowest BCUT2D eigenvalue weighted by atomic mass is 9.98. The van der Waals surface area contributed by atoms with Gasteiger partial charge in [-0.05, 0) is 47.9 Å². The molecule has 0 unspecified atom stereocenters. The Kier molecular flexibility index (Phi) is 4.56. The summed E-state index contributed by atoms with van der Waals surface area (Å²) < 4.78 is 31.7. The molecule has 0 amide bonds. The predicted molar refractivity (Wildman–Crippen MR) is 79.6 cm³/mol. The van der Waals surface area contributed by atoms with Crippen molar-refractivity contribution in [1.29, 1.82) is 0 Å². The van der Waals surface area contributed by atoms with Crippen molar-refractivity contribution < 1.29 is 23.4 Å². The molecule has 0 aromatic heterocycles. The number of allylic oxidation sites excluding steroid dienone is 1. The van der Waals surface area contributed by atoms with Gasteiger partial charge in [0.15, 0.2) is 11.6 Å². The molecule has 5 heteroatoms. The molecule has 114 valence electrons. The fraction of sp³-hybridized carbons (Fsp3) is 0.118. The van der Waals surface area contributed by atoms with Gasteiger partial charge in [-0.15, -0.1) is 0 Å². The maximum atomic E-state index is 13.4. The Bertz CT molecular complexity index is 752. The second-order valence-corrected chi connectivity index (χ2v) is 4.71. The number of halogens is 2. The zero-order chi connectivity index (χ0) is 16.3. The van der Waals surface area contributed by atoms with Gasteiger partial charge in [-0.1, -0.05) is 12.1 Å². The number of carboxylic acids is 1. The average molecular weight is 304 g/mol. The van der Waals surface area contributed by atoms with E-state index in [0.717, 1.165) is 18.2 Å². The summed E-state index contributed by atoms with van der Waals surface area (Å²) in [6, 6.07) is 8.60. The lowest BCUT2D eigenvalue weighted by Gasteiger charge is -2.12. The van der Waals surface area contributed by atoms with Crippen LogP contribution < -0.4 is 4.74 Å². The number of carbonyl (C=O) groups is 1. The van der Waals surface area contributed by atoms with Gasteiger partial charge in [0.1, 0.15) is 5.75 Å². The van der Waals surface area contributed by atoms with Gasteiger partial charge in [0.05, 0.1) is 7.11 Å². The van der Waals surface area contributed by atoms with Crippen molar-refractivity contribution >= 4 is 11.5 Å². The minimum Gasteiger partial charge on any atom is -0.496 e. The van der Waals surface area contributed by atoms with E-state index in [1.807, 2.05) is 0 Å². The molecule has 0 saturated carbocycles. The Morgan fingerprint density at radius 3 is 2.45 bits per heavy atom. The van der Waals surface area contributed by atoms with Crippen molar-refractivity contribution in [3.8, 4) is 16.9 Å². The third-order valence-electron chi connectivity index (χ3n) is 3.23. The van der Waals surface area contributed by atoms with Gasteiger partial charge < -0.3 is 9.84 Å². The molecule has 2 aromatic rings. The quantitative estimate of drug-likeness (QED) is 0.864. The van der Waals surface area contributed by atoms with Gasteiger partial charge in [0.2, 0.25) is 0 Å². The summed E-state index contributed by atoms with van der Waals surface area (Å²) in [5, 5.41) is 8.81. The highest BCUT2D eigenvalue weighted by Gasteiger charge is 2.11. The van der Waals surface area contributed by atoms with E-state index in [0.29, 0.717) is 28.0 Å². The van der Waals surface area contributed by atoms with Crippen LogP contribution in [0.4, 0.5) is 8.78 Å². The zero-order valence-electron chi connectivity index (χ0n) is 12.1. The van der Waals surface area contributed by atoms with E-state index in [4.69, 9.17) is 9.84 Å². The Morgan fingerprint density at radius 1 is 1.14 bits per heavy atom. The normalized spacial score (nSPS) is 11.4. The van der Waals surface area contributed by atoms with Gasteiger partial charge in [-0.2, -0.15) is 0 Å². The zero-order valence-corrected chi connectivity index (χ0v) is 12.1. The van der Waals surface area contributed by atoms with E-state index >= 15 is 0 Å². The van der Waals surface area contributed by atoms with Crippen LogP contribution in [0.3, 0.4) is 0 Å². The highest BCUT2D eigenvalue weighted by atomic mass is 19.2. The number of hydrogen-bond acceptors (Lipinski definition) is 2. The number of carboxylic acid groups (broad SMARTS) is 1. The Morgan fingerprint density at radius 2 is 1.86 bits per heavy atom. The Labute approximate surface area is 126 Å². The van der Waals surface area contributed by atoms with Crippen molar-refractivity contribution in [2.24, 2.45) is 0 Å². The van der Waals surface area contributed by atoms with E-state index in [-0.39, 0.29) is 0 Å². The first kappa shape index (κ1) is 15.7. The van der Waals surface area contributed by atoms with E-state index in [1.54, 1.807) is 25.1 Å². The highest BCUT2D eigenvalue weighted by Crippen LogP contribution is 2.33. The number of ether oxygens (including phenoxy) is 1. The largest absolute Gasteiger partial charge is 0.496 e. The van der Waals surface area contributed by atoms with E-state index < -0.39 is 17.6 Å². The molecule has 2 aromatic carbocycles. The molecule has 0 radical (unpaired) electrons. The molecule has 2 rings (SSSR count). The molecule has 0 bridgehead atoms. The van der Waals surface area contributed by atoms with Crippen molar-refractivity contribution in [3.63, 3.8) is 0 Å². The third-order valence-corrected chi connectivity index (χ3v) is 3.23. The first-order valence-corrected chi connectivity index (χ1v) is 6.47. The molecule has 0 saturated heterocycles. The molecule has 0 fully saturated rings. The van der Waals surface area contributed by atoms with Crippen LogP contribution >= 0.6 is 0 Å². The van der Waals surface area contributed by atoms with Crippen molar-refractivity contribution in [2.75, 3.05) is 7.11 Å². The van der Waals surface area contributed by atoms with Crippen LogP contribution in [0.5, 0.6) is 5.75 Å². The maximum absolute atomic E-state index is 13.4. The second kappa shape index (κ2) is 6.39. The SMILES string of the molecule is COc1ccc(/C(C)=C/C(=O)O)cc1-c1ccc(F)c(F)c1. The van der Waals surface area contributed by atoms with E-state index in [1.165, 1.54) is 13.2 Å². The van der Waals surface area contributed by atoms with E-state index in [9.17, 15) is 13.6 Å². The summed E-state index contributed by atoms with van der Waals surface area (Å²) in [5.74, 6) is -2.45. The molecule has 0 atom stereocenters. The topological polar surface area (TPSA) is 46.5 Å². The van der Waals surface area contributed by atoms with Gasteiger partial charge in [0.25, 0.3) is 0 Å². The third kappa shape index (κ3) is 3.31. The lowest BCUT2D eigenvalue weighted by Crippen LogP contribution is -1.94. The average Bonchev–Trinajstić information content (AvgIpc) is 2.48. The van der Waals surface area contributed by atoms with Crippen LogP contribution in [-0.2, 0) is 4.79 Å². The summed E-state index contributed by atoms with van der Waals surface area (Å²) >= 11 is 0. The van der Waals surface area contributed by atoms with Crippen LogP contribution in [0, 0.1) is 11.6 Å². The van der Waals surface area contributed by atoms with E-state index in [2.05, 4.69) is 0 Å². The molecular formula is C17H14F2O3. The summed E-state index contributed by atoms with van der Waals surface area (Å²) in [4.78, 5) is 10.8. The molecule has 1 N–H and O–H groups in total.